The van der Waals surface area contributed by atoms with Crippen LogP contribution in [0.1, 0.15) is 31.8 Å². The van der Waals surface area contributed by atoms with E-state index in [1.807, 2.05) is 37.3 Å². The largest absolute Gasteiger partial charge is 0.465 e. The van der Waals surface area contributed by atoms with E-state index in [-0.39, 0.29) is 17.2 Å². The average Bonchev–Trinajstić information content (AvgIpc) is 3.22. The molecule has 3 aromatic carbocycles. The van der Waals surface area contributed by atoms with Gasteiger partial charge in [-0.3, -0.25) is 4.79 Å². The SMILES string of the molecule is COC(=O)c1ccc(Cl)cc1NC(=O)Nc1ccc2c(c1)N(C(=O)c1ccc(C)cc1)CC2. The molecule has 1 aliphatic rings. The van der Waals surface area contributed by atoms with Gasteiger partial charge in [-0.15, -0.1) is 0 Å². The van der Waals surface area contributed by atoms with Crippen molar-refractivity contribution in [2.45, 2.75) is 13.3 Å². The molecular formula is C25H22ClN3O4. The Hall–Kier alpha value is -3.84. The van der Waals surface area contributed by atoms with E-state index in [4.69, 9.17) is 16.3 Å². The molecule has 168 valence electrons. The molecule has 1 heterocycles. The number of carbonyl (C=O) groups excluding carboxylic acids is 3. The normalized spacial score (nSPS) is 12.2. The highest BCUT2D eigenvalue weighted by molar-refractivity contribution is 6.31. The number of benzene rings is 3. The van der Waals surface area contributed by atoms with Crippen molar-refractivity contribution in [1.82, 2.24) is 0 Å². The highest BCUT2D eigenvalue weighted by Gasteiger charge is 2.26. The van der Waals surface area contributed by atoms with Gasteiger partial charge in [0.1, 0.15) is 0 Å². The first-order valence-electron chi connectivity index (χ1n) is 10.3. The van der Waals surface area contributed by atoms with Gasteiger partial charge < -0.3 is 20.3 Å². The fourth-order valence-corrected chi connectivity index (χ4v) is 3.88. The van der Waals surface area contributed by atoms with Gasteiger partial charge in [0, 0.05) is 28.5 Å². The number of hydrogen-bond donors (Lipinski definition) is 2. The summed E-state index contributed by atoms with van der Waals surface area (Å²) in [6.07, 6.45) is 0.740. The molecule has 0 saturated heterocycles. The van der Waals surface area contributed by atoms with E-state index in [0.717, 1.165) is 23.2 Å². The van der Waals surface area contributed by atoms with E-state index >= 15 is 0 Å². The molecule has 0 aromatic heterocycles. The minimum absolute atomic E-state index is 0.0861. The van der Waals surface area contributed by atoms with Crippen LogP contribution < -0.4 is 15.5 Å². The zero-order chi connectivity index (χ0) is 23.5. The summed E-state index contributed by atoms with van der Waals surface area (Å²) in [6, 6.07) is 16.8. The van der Waals surface area contributed by atoms with Crippen molar-refractivity contribution < 1.29 is 19.1 Å². The number of esters is 1. The fourth-order valence-electron chi connectivity index (χ4n) is 3.71. The number of hydrogen-bond acceptors (Lipinski definition) is 4. The first-order valence-corrected chi connectivity index (χ1v) is 10.7. The average molecular weight is 464 g/mol. The van der Waals surface area contributed by atoms with Crippen LogP contribution in [-0.4, -0.2) is 31.6 Å². The van der Waals surface area contributed by atoms with Crippen molar-refractivity contribution in [3.63, 3.8) is 0 Å². The number of nitrogens with one attached hydrogen (secondary N) is 2. The third-order valence-electron chi connectivity index (χ3n) is 5.42. The quantitative estimate of drug-likeness (QED) is 0.515. The zero-order valence-corrected chi connectivity index (χ0v) is 18.9. The van der Waals surface area contributed by atoms with Crippen molar-refractivity contribution in [2.24, 2.45) is 0 Å². The third kappa shape index (κ3) is 4.83. The molecule has 7 nitrogen and oxygen atoms in total. The fraction of sp³-hybridized carbons (Fsp3) is 0.160. The van der Waals surface area contributed by atoms with Crippen molar-refractivity contribution >= 4 is 46.6 Å². The molecule has 2 N–H and O–H groups in total. The summed E-state index contributed by atoms with van der Waals surface area (Å²) >= 11 is 6.02. The summed E-state index contributed by atoms with van der Waals surface area (Å²) in [5.41, 5.74) is 4.41. The molecule has 4 rings (SSSR count). The number of aryl methyl sites for hydroxylation is 1. The number of ether oxygens (including phenoxy) is 1. The second-order valence-corrected chi connectivity index (χ2v) is 8.11. The molecule has 0 saturated carbocycles. The summed E-state index contributed by atoms with van der Waals surface area (Å²) in [4.78, 5) is 39.3. The molecule has 0 atom stereocenters. The Labute approximate surface area is 196 Å². The predicted molar refractivity (Wildman–Crippen MR) is 128 cm³/mol. The molecule has 0 fully saturated rings. The highest BCUT2D eigenvalue weighted by Crippen LogP contribution is 2.32. The van der Waals surface area contributed by atoms with Crippen LogP contribution in [0.25, 0.3) is 0 Å². The van der Waals surface area contributed by atoms with Crippen molar-refractivity contribution in [3.8, 4) is 0 Å². The molecule has 3 aromatic rings. The number of rotatable bonds is 4. The van der Waals surface area contributed by atoms with Crippen LogP contribution >= 0.6 is 11.6 Å². The van der Waals surface area contributed by atoms with Gasteiger partial charge in [0.25, 0.3) is 5.91 Å². The van der Waals surface area contributed by atoms with Crippen LogP contribution in [-0.2, 0) is 11.2 Å². The maximum atomic E-state index is 13.0. The molecule has 8 heteroatoms. The number of carbonyl (C=O) groups is 3. The van der Waals surface area contributed by atoms with E-state index in [1.165, 1.54) is 25.3 Å². The van der Waals surface area contributed by atoms with E-state index in [9.17, 15) is 14.4 Å². The van der Waals surface area contributed by atoms with Gasteiger partial charge >= 0.3 is 12.0 Å². The van der Waals surface area contributed by atoms with Gasteiger partial charge in [0.2, 0.25) is 0 Å². The van der Waals surface area contributed by atoms with Gasteiger partial charge in [-0.2, -0.15) is 0 Å². The standard InChI is InChI=1S/C25H22ClN3O4/c1-15-3-5-17(6-4-15)23(30)29-12-11-16-7-9-19(14-22(16)29)27-25(32)28-21-13-18(26)8-10-20(21)24(31)33-2/h3-10,13-14H,11-12H2,1-2H3,(H2,27,28,32). The lowest BCUT2D eigenvalue weighted by atomic mass is 10.1. The summed E-state index contributed by atoms with van der Waals surface area (Å²) in [5.74, 6) is -0.679. The lowest BCUT2D eigenvalue weighted by molar-refractivity contribution is 0.0601. The Bertz CT molecular complexity index is 1240. The number of anilines is 3. The van der Waals surface area contributed by atoms with Crippen LogP contribution in [0, 0.1) is 6.92 Å². The summed E-state index contributed by atoms with van der Waals surface area (Å²) in [6.45, 7) is 2.54. The number of urea groups is 1. The maximum Gasteiger partial charge on any atom is 0.339 e. The summed E-state index contributed by atoms with van der Waals surface area (Å²) in [5, 5.41) is 5.74. The Kier molecular flexibility index (Phi) is 6.33. The number of methoxy groups -OCH3 is 1. The monoisotopic (exact) mass is 463 g/mol. The number of amides is 3. The first kappa shape index (κ1) is 22.4. The second kappa shape index (κ2) is 9.34. The molecular weight excluding hydrogens is 442 g/mol. The smallest absolute Gasteiger partial charge is 0.339 e. The highest BCUT2D eigenvalue weighted by atomic mass is 35.5. The van der Waals surface area contributed by atoms with Crippen LogP contribution in [0.5, 0.6) is 0 Å². The molecule has 1 aliphatic heterocycles. The van der Waals surface area contributed by atoms with Gasteiger partial charge in [-0.1, -0.05) is 35.4 Å². The lowest BCUT2D eigenvalue weighted by Crippen LogP contribution is -2.29. The molecule has 0 unspecified atom stereocenters. The Morgan fingerprint density at radius 2 is 1.73 bits per heavy atom. The van der Waals surface area contributed by atoms with Crippen molar-refractivity contribution in [3.05, 3.63) is 87.9 Å². The van der Waals surface area contributed by atoms with E-state index in [1.54, 1.807) is 17.0 Å². The minimum atomic E-state index is -0.593. The van der Waals surface area contributed by atoms with Gasteiger partial charge in [-0.25, -0.2) is 9.59 Å². The summed E-state index contributed by atoms with van der Waals surface area (Å²) in [7, 11) is 1.26. The van der Waals surface area contributed by atoms with Crippen LogP contribution in [0.15, 0.2) is 60.7 Å². The Balaban J connectivity index is 1.52. The van der Waals surface area contributed by atoms with Crippen molar-refractivity contribution in [1.29, 1.82) is 0 Å². The molecule has 33 heavy (non-hydrogen) atoms. The topological polar surface area (TPSA) is 87.7 Å². The molecule has 0 spiro atoms. The van der Waals surface area contributed by atoms with E-state index in [2.05, 4.69) is 10.6 Å². The first-order chi connectivity index (χ1) is 15.9. The van der Waals surface area contributed by atoms with E-state index in [0.29, 0.717) is 22.8 Å². The van der Waals surface area contributed by atoms with Gasteiger partial charge in [0.05, 0.1) is 18.4 Å². The summed E-state index contributed by atoms with van der Waals surface area (Å²) < 4.78 is 4.75. The Morgan fingerprint density at radius 3 is 2.45 bits per heavy atom. The third-order valence-corrected chi connectivity index (χ3v) is 5.65. The second-order valence-electron chi connectivity index (χ2n) is 7.68. The molecule has 0 aliphatic carbocycles. The van der Waals surface area contributed by atoms with Crippen LogP contribution in [0.2, 0.25) is 5.02 Å². The molecule has 3 amide bonds. The molecule has 0 radical (unpaired) electrons. The predicted octanol–water partition coefficient (Wildman–Crippen LogP) is 5.28. The number of nitrogens with zero attached hydrogens (tertiary/aromatic N) is 1. The lowest BCUT2D eigenvalue weighted by Gasteiger charge is -2.18. The Morgan fingerprint density at radius 1 is 0.970 bits per heavy atom. The maximum absolute atomic E-state index is 13.0. The van der Waals surface area contributed by atoms with Gasteiger partial charge in [0.15, 0.2) is 0 Å². The van der Waals surface area contributed by atoms with E-state index < -0.39 is 12.0 Å². The van der Waals surface area contributed by atoms with Gasteiger partial charge in [-0.05, 0) is 61.4 Å². The number of halogens is 1. The number of fused-ring (bicyclic) bond motifs is 1. The minimum Gasteiger partial charge on any atom is -0.465 e. The molecule has 0 bridgehead atoms. The van der Waals surface area contributed by atoms with Crippen LogP contribution in [0.3, 0.4) is 0 Å². The van der Waals surface area contributed by atoms with Crippen molar-refractivity contribution in [2.75, 3.05) is 29.2 Å². The zero-order valence-electron chi connectivity index (χ0n) is 18.1. The van der Waals surface area contributed by atoms with Crippen LogP contribution in [0.4, 0.5) is 21.9 Å².